The highest BCUT2D eigenvalue weighted by molar-refractivity contribution is 9.10. The molecule has 4 amide bonds. The normalized spacial score (nSPS) is 18.7. The van der Waals surface area contributed by atoms with Gasteiger partial charge < -0.3 is 35.9 Å². The van der Waals surface area contributed by atoms with Gasteiger partial charge in [-0.05, 0) is 51.2 Å². The Kier molecular flexibility index (Phi) is 13.2. The predicted molar refractivity (Wildman–Crippen MR) is 167 cm³/mol. The minimum atomic E-state index is -1.19. The van der Waals surface area contributed by atoms with Gasteiger partial charge in [-0.2, -0.15) is 0 Å². The Morgan fingerprint density at radius 2 is 1.65 bits per heavy atom. The molecule has 0 unspecified atom stereocenters. The van der Waals surface area contributed by atoms with Crippen LogP contribution in [0.1, 0.15) is 26.7 Å². The number of carbonyl (C=O) groups is 4. The van der Waals surface area contributed by atoms with Crippen LogP contribution >= 0.6 is 39.1 Å². The molecule has 5 N–H and O–H groups in total. The smallest absolute Gasteiger partial charge is 0.407 e. The Morgan fingerprint density at radius 1 is 1.00 bits per heavy atom. The zero-order valence-corrected chi connectivity index (χ0v) is 26.8. The molecule has 0 aliphatic heterocycles. The maximum atomic E-state index is 13.4. The summed E-state index contributed by atoms with van der Waals surface area (Å²) in [6.07, 6.45) is -3.44. The lowest BCUT2D eigenvalue weighted by Gasteiger charge is -2.36. The van der Waals surface area contributed by atoms with Crippen molar-refractivity contribution >= 4 is 73.9 Å². The van der Waals surface area contributed by atoms with E-state index in [4.69, 9.17) is 43.1 Å². The van der Waals surface area contributed by atoms with Crippen LogP contribution < -0.4 is 26.4 Å². The molecule has 0 radical (unpaired) electrons. The van der Waals surface area contributed by atoms with E-state index in [-0.39, 0.29) is 42.8 Å². The first kappa shape index (κ1) is 34.3. The number of ether oxygens (including phenoxy) is 3. The van der Waals surface area contributed by atoms with Gasteiger partial charge in [-0.15, -0.1) is 23.2 Å². The molecule has 2 aromatic rings. The number of carbonyl (C=O) groups excluding carboxylic acids is 4. The molecule has 234 valence electrons. The molecule has 0 spiro atoms. The SMILES string of the molecule is CC(C)C[C@@H](NC(=O)C1=C[C@@H](Oc2ccc3ccccc3c2Br)[C@H](OC(=O)NCCCl)[C@H](OC(=O)NCCCl)C1)C(N)=O. The third-order valence-corrected chi connectivity index (χ3v) is 7.64. The summed E-state index contributed by atoms with van der Waals surface area (Å²) in [6, 6.07) is 10.3. The fraction of sp³-hybridized carbons (Fsp3) is 0.448. The number of hydrogen-bond acceptors (Lipinski definition) is 7. The number of rotatable bonds is 13. The highest BCUT2D eigenvalue weighted by atomic mass is 79.9. The first-order chi connectivity index (χ1) is 20.5. The summed E-state index contributed by atoms with van der Waals surface area (Å²) in [5, 5.41) is 9.50. The van der Waals surface area contributed by atoms with E-state index in [1.54, 1.807) is 6.07 Å². The van der Waals surface area contributed by atoms with E-state index in [1.165, 1.54) is 6.08 Å². The number of alkyl halides is 2. The van der Waals surface area contributed by atoms with E-state index in [2.05, 4.69) is 31.9 Å². The van der Waals surface area contributed by atoms with Gasteiger partial charge in [-0.1, -0.05) is 44.2 Å². The minimum Gasteiger partial charge on any atom is -0.481 e. The van der Waals surface area contributed by atoms with Crippen LogP contribution in [0.3, 0.4) is 0 Å². The Hall–Kier alpha value is -3.22. The lowest BCUT2D eigenvalue weighted by Crippen LogP contribution is -2.52. The third kappa shape index (κ3) is 9.90. The van der Waals surface area contributed by atoms with Crippen LogP contribution in [0.4, 0.5) is 9.59 Å². The van der Waals surface area contributed by atoms with E-state index >= 15 is 0 Å². The summed E-state index contributed by atoms with van der Waals surface area (Å²) < 4.78 is 18.3. The van der Waals surface area contributed by atoms with Crippen LogP contribution in [0.5, 0.6) is 5.75 Å². The van der Waals surface area contributed by atoms with Gasteiger partial charge in [-0.25, -0.2) is 9.59 Å². The molecule has 0 fully saturated rings. The molecule has 11 nitrogen and oxygen atoms in total. The van der Waals surface area contributed by atoms with Crippen LogP contribution in [-0.2, 0) is 19.1 Å². The Labute approximate surface area is 268 Å². The molecule has 2 aromatic carbocycles. The molecule has 14 heteroatoms. The summed E-state index contributed by atoms with van der Waals surface area (Å²) in [7, 11) is 0. The average molecular weight is 702 g/mol. The Morgan fingerprint density at radius 3 is 2.28 bits per heavy atom. The van der Waals surface area contributed by atoms with Gasteiger partial charge >= 0.3 is 12.2 Å². The molecule has 0 heterocycles. The van der Waals surface area contributed by atoms with Crippen LogP contribution in [0.15, 0.2) is 52.5 Å². The summed E-state index contributed by atoms with van der Waals surface area (Å²) >= 11 is 15.0. The Balaban J connectivity index is 2.03. The van der Waals surface area contributed by atoms with E-state index in [0.29, 0.717) is 16.6 Å². The molecule has 0 saturated carbocycles. The number of halogens is 3. The summed E-state index contributed by atoms with van der Waals surface area (Å²) in [5.74, 6) is -0.541. The Bertz CT molecular complexity index is 1340. The van der Waals surface area contributed by atoms with Gasteiger partial charge in [0.2, 0.25) is 11.8 Å². The monoisotopic (exact) mass is 700 g/mol. The van der Waals surface area contributed by atoms with Crippen molar-refractivity contribution in [3.63, 3.8) is 0 Å². The minimum absolute atomic E-state index is 0.0745. The van der Waals surface area contributed by atoms with Gasteiger partial charge in [0.1, 0.15) is 17.9 Å². The number of nitrogens with one attached hydrogen (secondary N) is 3. The van der Waals surface area contributed by atoms with Crippen LogP contribution in [0.25, 0.3) is 10.8 Å². The fourth-order valence-corrected chi connectivity index (χ4v) is 5.27. The quantitative estimate of drug-likeness (QED) is 0.226. The second-order valence-electron chi connectivity index (χ2n) is 10.2. The number of benzene rings is 2. The lowest BCUT2D eigenvalue weighted by molar-refractivity contribution is -0.126. The van der Waals surface area contributed by atoms with Crippen LogP contribution in [0, 0.1) is 5.92 Å². The van der Waals surface area contributed by atoms with E-state index in [9.17, 15) is 19.2 Å². The lowest BCUT2D eigenvalue weighted by atomic mass is 9.90. The van der Waals surface area contributed by atoms with Gasteiger partial charge in [0.05, 0.1) is 4.47 Å². The first-order valence-corrected chi connectivity index (χ1v) is 15.6. The largest absolute Gasteiger partial charge is 0.481 e. The van der Waals surface area contributed by atoms with Crippen LogP contribution in [0.2, 0.25) is 0 Å². The standard InChI is InChI=1S/C29H35BrCl2N4O7/c1-16(2)13-20(26(33)37)36-27(38)18-14-22(41-21-8-7-17-5-3-4-6-19(17)24(21)30)25(43-29(40)35-12-10-32)23(15-18)42-28(39)34-11-9-31/h3-8,14,16,20,22-23,25H,9-13,15H2,1-2H3,(H2,33,37)(H,34,39)(H,35,40)(H,36,38)/t20-,22-,23-,25+/m1/s1. The number of alkyl carbamates (subject to hydrolysis) is 2. The number of hydrogen-bond donors (Lipinski definition) is 4. The predicted octanol–water partition coefficient (Wildman–Crippen LogP) is 4.36. The highest BCUT2D eigenvalue weighted by Gasteiger charge is 2.42. The molecule has 1 aliphatic carbocycles. The zero-order valence-electron chi connectivity index (χ0n) is 23.7. The van der Waals surface area contributed by atoms with Crippen molar-refractivity contribution in [2.24, 2.45) is 11.7 Å². The fourth-order valence-electron chi connectivity index (χ4n) is 4.49. The average Bonchev–Trinajstić information content (AvgIpc) is 2.97. The number of nitrogens with two attached hydrogens (primary N) is 1. The zero-order chi connectivity index (χ0) is 31.5. The molecular weight excluding hydrogens is 667 g/mol. The number of fused-ring (bicyclic) bond motifs is 1. The van der Waals surface area contributed by atoms with E-state index in [0.717, 1.165) is 10.8 Å². The maximum Gasteiger partial charge on any atom is 0.407 e. The molecule has 4 atom stereocenters. The van der Waals surface area contributed by atoms with Crippen molar-refractivity contribution in [3.05, 3.63) is 52.5 Å². The number of amides is 4. The molecule has 1 aliphatic rings. The second-order valence-corrected chi connectivity index (χ2v) is 11.7. The molecule has 3 rings (SSSR count). The maximum absolute atomic E-state index is 13.4. The van der Waals surface area contributed by atoms with Gasteiger partial charge in [-0.3, -0.25) is 9.59 Å². The van der Waals surface area contributed by atoms with Crippen molar-refractivity contribution in [3.8, 4) is 5.75 Å². The first-order valence-electron chi connectivity index (χ1n) is 13.7. The second kappa shape index (κ2) is 16.6. The summed E-state index contributed by atoms with van der Waals surface area (Å²) in [4.78, 5) is 50.8. The molecule has 0 bridgehead atoms. The third-order valence-electron chi connectivity index (χ3n) is 6.44. The van der Waals surface area contributed by atoms with Gasteiger partial charge in [0.15, 0.2) is 12.2 Å². The summed E-state index contributed by atoms with van der Waals surface area (Å²) in [5.41, 5.74) is 5.69. The summed E-state index contributed by atoms with van der Waals surface area (Å²) in [6.45, 7) is 4.05. The topological polar surface area (TPSA) is 158 Å². The van der Waals surface area contributed by atoms with Crippen molar-refractivity contribution < 1.29 is 33.4 Å². The molecule has 43 heavy (non-hydrogen) atoms. The van der Waals surface area contributed by atoms with Crippen LogP contribution in [-0.4, -0.2) is 73.2 Å². The van der Waals surface area contributed by atoms with Crippen molar-refractivity contribution in [1.29, 1.82) is 0 Å². The van der Waals surface area contributed by atoms with Crippen molar-refractivity contribution in [2.45, 2.75) is 51.0 Å². The molecule has 0 saturated heterocycles. The van der Waals surface area contributed by atoms with Gasteiger partial charge in [0, 0.05) is 36.8 Å². The van der Waals surface area contributed by atoms with E-state index < -0.39 is 48.4 Å². The van der Waals surface area contributed by atoms with Gasteiger partial charge in [0.25, 0.3) is 0 Å². The molecule has 0 aromatic heterocycles. The van der Waals surface area contributed by atoms with Crippen molar-refractivity contribution in [1.82, 2.24) is 16.0 Å². The van der Waals surface area contributed by atoms with E-state index in [1.807, 2.05) is 44.2 Å². The van der Waals surface area contributed by atoms with Crippen molar-refractivity contribution in [2.75, 3.05) is 24.8 Å². The number of primary amides is 1. The highest BCUT2D eigenvalue weighted by Crippen LogP contribution is 2.36. The molecular formula is C29H35BrCl2N4O7.